The molecule has 0 saturated heterocycles. The van der Waals surface area contributed by atoms with Crippen molar-refractivity contribution in [2.45, 2.75) is 37.5 Å². The molecule has 0 unspecified atom stereocenters. The zero-order valence-electron chi connectivity index (χ0n) is 10.1. The first-order valence-corrected chi connectivity index (χ1v) is 6.03. The fraction of sp³-hybridized carbons (Fsp3) is 0.500. The lowest BCUT2D eigenvalue weighted by Gasteiger charge is -2.27. The molecule has 1 aromatic rings. The van der Waals surface area contributed by atoms with Crippen LogP contribution in [-0.2, 0) is 10.2 Å². The van der Waals surface area contributed by atoms with Gasteiger partial charge in [-0.3, -0.25) is 0 Å². The maximum absolute atomic E-state index is 10.9. The maximum atomic E-state index is 10.9. The van der Waals surface area contributed by atoms with Crippen molar-refractivity contribution in [2.24, 2.45) is 0 Å². The Morgan fingerprint density at radius 1 is 1.41 bits per heavy atom. The molecular formula is C14H18O3. The number of aromatic hydroxyl groups is 1. The Bertz CT molecular complexity index is 406. The highest BCUT2D eigenvalue weighted by Gasteiger charge is 2.35. The second-order valence-corrected chi connectivity index (χ2v) is 4.74. The van der Waals surface area contributed by atoms with Crippen molar-refractivity contribution in [3.05, 3.63) is 23.8 Å². The van der Waals surface area contributed by atoms with Gasteiger partial charge in [-0.25, -0.2) is 0 Å². The Hall–Kier alpha value is -1.51. The Morgan fingerprint density at radius 2 is 2.12 bits per heavy atom. The summed E-state index contributed by atoms with van der Waals surface area (Å²) in [6.45, 7) is 0. The number of carbonyl (C=O) groups excluding carboxylic acids is 1. The van der Waals surface area contributed by atoms with Gasteiger partial charge in [0.25, 0.3) is 0 Å². The number of rotatable bonds is 4. The van der Waals surface area contributed by atoms with Gasteiger partial charge in [-0.05, 0) is 30.5 Å². The summed E-state index contributed by atoms with van der Waals surface area (Å²) in [5.41, 5.74) is 1.07. The molecule has 0 bridgehead atoms. The highest BCUT2D eigenvalue weighted by molar-refractivity contribution is 5.55. The van der Waals surface area contributed by atoms with Crippen LogP contribution in [0.2, 0.25) is 0 Å². The van der Waals surface area contributed by atoms with E-state index in [0.29, 0.717) is 12.2 Å². The molecule has 0 heterocycles. The molecule has 0 aromatic heterocycles. The molecule has 92 valence electrons. The van der Waals surface area contributed by atoms with Gasteiger partial charge in [-0.1, -0.05) is 18.9 Å². The molecule has 1 aromatic carbocycles. The number of benzene rings is 1. The van der Waals surface area contributed by atoms with E-state index < -0.39 is 0 Å². The van der Waals surface area contributed by atoms with Crippen molar-refractivity contribution in [2.75, 3.05) is 7.11 Å². The number of hydrogen-bond donors (Lipinski definition) is 1. The third-order valence-corrected chi connectivity index (χ3v) is 3.83. The predicted octanol–water partition coefficient (Wildman–Crippen LogP) is 2.80. The molecule has 1 N–H and O–H groups in total. The summed E-state index contributed by atoms with van der Waals surface area (Å²) < 4.78 is 5.13. The summed E-state index contributed by atoms with van der Waals surface area (Å²) in [6, 6.07) is 5.43. The van der Waals surface area contributed by atoms with Crippen molar-refractivity contribution in [1.29, 1.82) is 0 Å². The van der Waals surface area contributed by atoms with Gasteiger partial charge in [0.15, 0.2) is 11.5 Å². The first kappa shape index (κ1) is 12.0. The van der Waals surface area contributed by atoms with Crippen molar-refractivity contribution in [1.82, 2.24) is 0 Å². The van der Waals surface area contributed by atoms with Gasteiger partial charge in [0, 0.05) is 11.8 Å². The Balaban J connectivity index is 2.39. The molecule has 17 heavy (non-hydrogen) atoms. The minimum atomic E-state index is -0.0390. The maximum Gasteiger partial charge on any atom is 0.160 e. The van der Waals surface area contributed by atoms with E-state index in [1.54, 1.807) is 13.2 Å². The molecule has 1 saturated carbocycles. The van der Waals surface area contributed by atoms with Crippen LogP contribution in [0.15, 0.2) is 18.2 Å². The number of ether oxygens (including phenoxy) is 1. The third kappa shape index (κ3) is 2.14. The second kappa shape index (κ2) is 4.78. The highest BCUT2D eigenvalue weighted by atomic mass is 16.5. The van der Waals surface area contributed by atoms with Crippen LogP contribution in [0.1, 0.15) is 37.7 Å². The quantitative estimate of drug-likeness (QED) is 0.815. The summed E-state index contributed by atoms with van der Waals surface area (Å²) in [5, 5.41) is 9.60. The van der Waals surface area contributed by atoms with Gasteiger partial charge >= 0.3 is 0 Å². The summed E-state index contributed by atoms with van der Waals surface area (Å²) in [7, 11) is 1.54. The first-order chi connectivity index (χ1) is 8.22. The summed E-state index contributed by atoms with van der Waals surface area (Å²) in [6.07, 6.45) is 5.97. The fourth-order valence-corrected chi connectivity index (χ4v) is 2.83. The minimum Gasteiger partial charge on any atom is -0.504 e. The number of carbonyl (C=O) groups is 1. The molecule has 0 spiro atoms. The smallest absolute Gasteiger partial charge is 0.160 e. The average Bonchev–Trinajstić information content (AvgIpc) is 2.80. The zero-order valence-corrected chi connectivity index (χ0v) is 10.1. The SMILES string of the molecule is COc1cc(C2(CC=O)CCCC2)ccc1O. The first-order valence-electron chi connectivity index (χ1n) is 6.03. The van der Waals surface area contributed by atoms with E-state index in [-0.39, 0.29) is 11.2 Å². The third-order valence-electron chi connectivity index (χ3n) is 3.83. The summed E-state index contributed by atoms with van der Waals surface area (Å²) >= 11 is 0. The van der Waals surface area contributed by atoms with Crippen molar-refractivity contribution >= 4 is 6.29 Å². The van der Waals surface area contributed by atoms with Crippen LogP contribution in [0.5, 0.6) is 11.5 Å². The standard InChI is InChI=1S/C14H18O3/c1-17-13-10-11(4-5-12(13)16)14(8-9-15)6-2-3-7-14/h4-5,9-10,16H,2-3,6-8H2,1H3. The monoisotopic (exact) mass is 234 g/mol. The molecule has 0 atom stereocenters. The van der Waals surface area contributed by atoms with Crippen LogP contribution >= 0.6 is 0 Å². The van der Waals surface area contributed by atoms with Crippen molar-refractivity contribution in [3.8, 4) is 11.5 Å². The van der Waals surface area contributed by atoms with Gasteiger partial charge in [0.05, 0.1) is 7.11 Å². The van der Waals surface area contributed by atoms with Gasteiger partial charge in [0.2, 0.25) is 0 Å². The molecule has 3 nitrogen and oxygen atoms in total. The molecule has 1 fully saturated rings. The molecule has 3 heteroatoms. The zero-order chi connectivity index (χ0) is 12.3. The van der Waals surface area contributed by atoms with Crippen LogP contribution in [0, 0.1) is 0 Å². The van der Waals surface area contributed by atoms with E-state index in [0.717, 1.165) is 37.5 Å². The predicted molar refractivity (Wildman–Crippen MR) is 65.5 cm³/mol. The number of phenolic OH excluding ortho intramolecular Hbond substituents is 1. The lowest BCUT2D eigenvalue weighted by Crippen LogP contribution is -2.22. The summed E-state index contributed by atoms with van der Waals surface area (Å²) in [4.78, 5) is 10.9. The molecular weight excluding hydrogens is 216 g/mol. The van der Waals surface area contributed by atoms with Gasteiger partial charge in [0.1, 0.15) is 6.29 Å². The second-order valence-electron chi connectivity index (χ2n) is 4.74. The van der Waals surface area contributed by atoms with Gasteiger partial charge in [-0.2, -0.15) is 0 Å². The average molecular weight is 234 g/mol. The molecule has 2 rings (SSSR count). The molecule has 0 radical (unpaired) electrons. The van der Waals surface area contributed by atoms with Crippen LogP contribution < -0.4 is 4.74 Å². The fourth-order valence-electron chi connectivity index (χ4n) is 2.83. The van der Waals surface area contributed by atoms with E-state index >= 15 is 0 Å². The van der Waals surface area contributed by atoms with E-state index in [1.165, 1.54) is 0 Å². The Morgan fingerprint density at radius 3 is 2.71 bits per heavy atom. The van der Waals surface area contributed by atoms with Crippen LogP contribution in [0.4, 0.5) is 0 Å². The Kier molecular flexibility index (Phi) is 3.36. The number of methoxy groups -OCH3 is 1. The van der Waals surface area contributed by atoms with Crippen LogP contribution in [0.3, 0.4) is 0 Å². The van der Waals surface area contributed by atoms with E-state index in [1.807, 2.05) is 12.1 Å². The molecule has 1 aliphatic rings. The van der Waals surface area contributed by atoms with E-state index in [9.17, 15) is 9.90 Å². The van der Waals surface area contributed by atoms with E-state index in [2.05, 4.69) is 0 Å². The topological polar surface area (TPSA) is 46.5 Å². The summed E-state index contributed by atoms with van der Waals surface area (Å²) in [5.74, 6) is 0.634. The molecule has 1 aliphatic carbocycles. The number of aldehydes is 1. The van der Waals surface area contributed by atoms with Crippen LogP contribution in [-0.4, -0.2) is 18.5 Å². The normalized spacial score (nSPS) is 17.9. The molecule has 0 aliphatic heterocycles. The lowest BCUT2D eigenvalue weighted by atomic mass is 9.76. The number of hydrogen-bond acceptors (Lipinski definition) is 3. The minimum absolute atomic E-state index is 0.0390. The lowest BCUT2D eigenvalue weighted by molar-refractivity contribution is -0.108. The largest absolute Gasteiger partial charge is 0.504 e. The van der Waals surface area contributed by atoms with Crippen molar-refractivity contribution in [3.63, 3.8) is 0 Å². The van der Waals surface area contributed by atoms with Crippen LogP contribution in [0.25, 0.3) is 0 Å². The van der Waals surface area contributed by atoms with Gasteiger partial charge < -0.3 is 14.6 Å². The molecule has 0 amide bonds. The highest BCUT2D eigenvalue weighted by Crippen LogP contribution is 2.45. The number of phenols is 1. The Labute approximate surface area is 101 Å². The van der Waals surface area contributed by atoms with Gasteiger partial charge in [-0.15, -0.1) is 0 Å². The van der Waals surface area contributed by atoms with Crippen molar-refractivity contribution < 1.29 is 14.6 Å². The van der Waals surface area contributed by atoms with E-state index in [4.69, 9.17) is 4.74 Å².